The van der Waals surface area contributed by atoms with Crippen molar-refractivity contribution in [2.45, 2.75) is 32.3 Å². The summed E-state index contributed by atoms with van der Waals surface area (Å²) in [6, 6.07) is 4.53. The molecule has 0 aromatic heterocycles. The van der Waals surface area contributed by atoms with Crippen molar-refractivity contribution in [1.29, 1.82) is 0 Å². The van der Waals surface area contributed by atoms with Gasteiger partial charge in [-0.1, -0.05) is 18.5 Å². The van der Waals surface area contributed by atoms with Gasteiger partial charge in [-0.25, -0.2) is 0 Å². The maximum absolute atomic E-state index is 12.4. The number of phenols is 1. The summed E-state index contributed by atoms with van der Waals surface area (Å²) in [5.41, 5.74) is 0.258. The first-order chi connectivity index (χ1) is 9.61. The van der Waals surface area contributed by atoms with Crippen LogP contribution in [0.2, 0.25) is 5.02 Å². The fourth-order valence-corrected chi connectivity index (χ4v) is 2.57. The first-order valence-corrected chi connectivity index (χ1v) is 7.39. The van der Waals surface area contributed by atoms with Gasteiger partial charge in [0.1, 0.15) is 5.75 Å². The molecule has 0 spiro atoms. The van der Waals surface area contributed by atoms with E-state index in [0.717, 1.165) is 25.9 Å². The molecule has 1 atom stereocenters. The molecule has 1 aliphatic heterocycles. The molecule has 0 aliphatic carbocycles. The minimum absolute atomic E-state index is 0.0315. The Labute approximate surface area is 124 Å². The highest BCUT2D eigenvalue weighted by Crippen LogP contribution is 2.24. The molecule has 1 fully saturated rings. The number of nitrogens with zero attached hydrogens (tertiary/aromatic N) is 1. The van der Waals surface area contributed by atoms with Crippen molar-refractivity contribution in [2.24, 2.45) is 0 Å². The number of carbonyl (C=O) groups is 1. The van der Waals surface area contributed by atoms with Crippen LogP contribution in [-0.4, -0.2) is 41.7 Å². The summed E-state index contributed by atoms with van der Waals surface area (Å²) < 4.78 is 5.72. The van der Waals surface area contributed by atoms with Gasteiger partial charge in [-0.2, -0.15) is 0 Å². The molecular formula is C15H20ClNO3. The molecule has 1 saturated heterocycles. The van der Waals surface area contributed by atoms with E-state index in [-0.39, 0.29) is 23.3 Å². The quantitative estimate of drug-likeness (QED) is 0.929. The topological polar surface area (TPSA) is 49.8 Å². The molecule has 1 heterocycles. The van der Waals surface area contributed by atoms with Crippen LogP contribution in [-0.2, 0) is 4.74 Å². The largest absolute Gasteiger partial charge is 0.507 e. The zero-order valence-electron chi connectivity index (χ0n) is 11.6. The highest BCUT2D eigenvalue weighted by molar-refractivity contribution is 6.31. The van der Waals surface area contributed by atoms with Gasteiger partial charge in [0.05, 0.1) is 11.7 Å². The molecule has 1 aromatic carbocycles. The minimum Gasteiger partial charge on any atom is -0.507 e. The maximum atomic E-state index is 12.4. The van der Waals surface area contributed by atoms with Gasteiger partial charge in [0, 0.05) is 24.7 Å². The van der Waals surface area contributed by atoms with Gasteiger partial charge in [-0.3, -0.25) is 4.79 Å². The van der Waals surface area contributed by atoms with Gasteiger partial charge < -0.3 is 14.7 Å². The number of piperidine rings is 1. The Morgan fingerprint density at radius 3 is 3.10 bits per heavy atom. The molecule has 1 amide bonds. The van der Waals surface area contributed by atoms with E-state index in [1.807, 2.05) is 0 Å². The summed E-state index contributed by atoms with van der Waals surface area (Å²) in [5, 5.41) is 10.3. The molecular weight excluding hydrogens is 278 g/mol. The van der Waals surface area contributed by atoms with Crippen LogP contribution in [0.15, 0.2) is 18.2 Å². The summed E-state index contributed by atoms with van der Waals surface area (Å²) in [7, 11) is 0. The average Bonchev–Trinajstić information content (AvgIpc) is 2.47. The van der Waals surface area contributed by atoms with Gasteiger partial charge in [0.2, 0.25) is 0 Å². The molecule has 0 saturated carbocycles. The predicted octanol–water partition coefficient (Wildman–Crippen LogP) is 3.08. The average molecular weight is 298 g/mol. The van der Waals surface area contributed by atoms with Crippen LogP contribution < -0.4 is 0 Å². The van der Waals surface area contributed by atoms with Crippen LogP contribution in [0.4, 0.5) is 0 Å². The molecule has 1 aromatic rings. The lowest BCUT2D eigenvalue weighted by Gasteiger charge is -2.32. The third-order valence-corrected chi connectivity index (χ3v) is 3.65. The van der Waals surface area contributed by atoms with Gasteiger partial charge in [0.15, 0.2) is 0 Å². The Balaban J connectivity index is 2.06. The Kier molecular flexibility index (Phi) is 5.26. The number of hydrogen-bond donors (Lipinski definition) is 1. The third-order valence-electron chi connectivity index (χ3n) is 3.41. The van der Waals surface area contributed by atoms with Gasteiger partial charge >= 0.3 is 0 Å². The Bertz CT molecular complexity index is 478. The second kappa shape index (κ2) is 6.95. The van der Waals surface area contributed by atoms with E-state index in [1.54, 1.807) is 11.0 Å². The number of benzene rings is 1. The summed E-state index contributed by atoms with van der Waals surface area (Å²) in [6.45, 7) is 4.05. The van der Waals surface area contributed by atoms with E-state index < -0.39 is 0 Å². The zero-order chi connectivity index (χ0) is 14.5. The fourth-order valence-electron chi connectivity index (χ4n) is 2.39. The standard InChI is InChI=1S/C15H20ClNO3/c1-2-8-20-12-4-3-7-17(10-12)15(19)13-9-11(16)5-6-14(13)18/h5-6,9,12,18H,2-4,7-8,10H2,1H3. The summed E-state index contributed by atoms with van der Waals surface area (Å²) in [4.78, 5) is 14.2. The highest BCUT2D eigenvalue weighted by atomic mass is 35.5. The molecule has 0 radical (unpaired) electrons. The Morgan fingerprint density at radius 2 is 2.35 bits per heavy atom. The second-order valence-corrected chi connectivity index (χ2v) is 5.48. The normalized spacial score (nSPS) is 19.1. The van der Waals surface area contributed by atoms with E-state index in [1.165, 1.54) is 12.1 Å². The fraction of sp³-hybridized carbons (Fsp3) is 0.533. The van der Waals surface area contributed by atoms with Crippen molar-refractivity contribution in [2.75, 3.05) is 19.7 Å². The highest BCUT2D eigenvalue weighted by Gasteiger charge is 2.26. The van der Waals surface area contributed by atoms with Crippen LogP contribution in [0.1, 0.15) is 36.5 Å². The van der Waals surface area contributed by atoms with E-state index in [9.17, 15) is 9.90 Å². The van der Waals surface area contributed by atoms with Crippen molar-refractivity contribution in [1.82, 2.24) is 4.90 Å². The van der Waals surface area contributed by atoms with Crippen molar-refractivity contribution >= 4 is 17.5 Å². The summed E-state index contributed by atoms with van der Waals surface area (Å²) in [5.74, 6) is -0.217. The van der Waals surface area contributed by atoms with Crippen LogP contribution in [0.5, 0.6) is 5.75 Å². The van der Waals surface area contributed by atoms with Crippen LogP contribution in [0.25, 0.3) is 0 Å². The number of carbonyl (C=O) groups excluding carboxylic acids is 1. The van der Waals surface area contributed by atoms with Gasteiger partial charge in [-0.05, 0) is 37.5 Å². The molecule has 20 heavy (non-hydrogen) atoms. The number of ether oxygens (including phenoxy) is 1. The SMILES string of the molecule is CCCOC1CCCN(C(=O)c2cc(Cl)ccc2O)C1. The lowest BCUT2D eigenvalue weighted by molar-refractivity contribution is 0.00202. The molecule has 1 unspecified atom stereocenters. The van der Waals surface area contributed by atoms with Crippen LogP contribution >= 0.6 is 11.6 Å². The first-order valence-electron chi connectivity index (χ1n) is 7.01. The number of hydrogen-bond acceptors (Lipinski definition) is 3. The second-order valence-electron chi connectivity index (χ2n) is 5.05. The lowest BCUT2D eigenvalue weighted by atomic mass is 10.1. The third kappa shape index (κ3) is 3.64. The van der Waals surface area contributed by atoms with Crippen molar-refractivity contribution in [3.8, 4) is 5.75 Å². The lowest BCUT2D eigenvalue weighted by Crippen LogP contribution is -2.43. The number of aromatic hydroxyl groups is 1. The Hall–Kier alpha value is -1.26. The van der Waals surface area contributed by atoms with Crippen molar-refractivity contribution < 1.29 is 14.6 Å². The predicted molar refractivity (Wildman–Crippen MR) is 78.3 cm³/mol. The van der Waals surface area contributed by atoms with Gasteiger partial charge in [-0.15, -0.1) is 0 Å². The molecule has 5 heteroatoms. The monoisotopic (exact) mass is 297 g/mol. The van der Waals surface area contributed by atoms with Crippen LogP contribution in [0.3, 0.4) is 0 Å². The molecule has 110 valence electrons. The number of rotatable bonds is 4. The van der Waals surface area contributed by atoms with Crippen molar-refractivity contribution in [3.63, 3.8) is 0 Å². The minimum atomic E-state index is -0.185. The maximum Gasteiger partial charge on any atom is 0.257 e. The first kappa shape index (κ1) is 15.1. The molecule has 1 aliphatic rings. The summed E-state index contributed by atoms with van der Waals surface area (Å²) >= 11 is 5.89. The molecule has 1 N–H and O–H groups in total. The van der Waals surface area contributed by atoms with Crippen molar-refractivity contribution in [3.05, 3.63) is 28.8 Å². The molecule has 0 bridgehead atoms. The van der Waals surface area contributed by atoms with E-state index in [2.05, 4.69) is 6.92 Å². The number of likely N-dealkylation sites (tertiary alicyclic amines) is 1. The Morgan fingerprint density at radius 1 is 1.55 bits per heavy atom. The van der Waals surface area contributed by atoms with E-state index >= 15 is 0 Å². The molecule has 4 nitrogen and oxygen atoms in total. The molecule has 2 rings (SSSR count). The van der Waals surface area contributed by atoms with Crippen LogP contribution in [0, 0.1) is 0 Å². The van der Waals surface area contributed by atoms with Gasteiger partial charge in [0.25, 0.3) is 5.91 Å². The number of phenolic OH excluding ortho intramolecular Hbond substituents is 1. The zero-order valence-corrected chi connectivity index (χ0v) is 12.4. The summed E-state index contributed by atoms with van der Waals surface area (Å²) in [6.07, 6.45) is 2.96. The van der Waals surface area contributed by atoms with E-state index in [4.69, 9.17) is 16.3 Å². The smallest absolute Gasteiger partial charge is 0.257 e. The number of amides is 1. The van der Waals surface area contributed by atoms with E-state index in [0.29, 0.717) is 18.1 Å². The number of halogens is 1.